The second-order valence-corrected chi connectivity index (χ2v) is 18.6. The summed E-state index contributed by atoms with van der Waals surface area (Å²) in [6.07, 6.45) is 0. The molecule has 0 spiro atoms. The first-order valence-electron chi connectivity index (χ1n) is 23.5. The average molecular weight is 898 g/mol. The highest BCUT2D eigenvalue weighted by atomic mass is 32.1. The van der Waals surface area contributed by atoms with Gasteiger partial charge in [0.2, 0.25) is 0 Å². The predicted molar refractivity (Wildman–Crippen MR) is 294 cm³/mol. The van der Waals surface area contributed by atoms with E-state index in [9.17, 15) is 0 Å². The molecule has 69 heavy (non-hydrogen) atoms. The largest absolute Gasteiger partial charge is 0.453 e. The van der Waals surface area contributed by atoms with E-state index in [1.54, 1.807) is 0 Å². The second kappa shape index (κ2) is 17.2. The molecule has 0 aliphatic heterocycles. The summed E-state index contributed by atoms with van der Waals surface area (Å²) in [7, 11) is 0. The summed E-state index contributed by atoms with van der Waals surface area (Å²) >= 11 is 1.85. The molecule has 2 heterocycles. The van der Waals surface area contributed by atoms with Gasteiger partial charge in [0.25, 0.3) is 0 Å². The van der Waals surface area contributed by atoms with Crippen LogP contribution in [0.2, 0.25) is 0 Å². The van der Waals surface area contributed by atoms with Gasteiger partial charge in [0, 0.05) is 47.9 Å². The Morgan fingerprint density at radius 3 is 1.38 bits per heavy atom. The summed E-state index contributed by atoms with van der Waals surface area (Å²) in [4.78, 5) is 2.36. The molecule has 3 heteroatoms. The smallest absolute Gasteiger partial charge is 0.160 e. The van der Waals surface area contributed by atoms with Crippen molar-refractivity contribution < 1.29 is 4.42 Å². The zero-order valence-corrected chi connectivity index (χ0v) is 38.4. The molecular weight excluding hydrogens is 855 g/mol. The van der Waals surface area contributed by atoms with E-state index in [4.69, 9.17) is 4.42 Å². The molecule has 0 atom stereocenters. The number of rotatable bonds is 9. The first-order chi connectivity index (χ1) is 34.2. The number of fused-ring (bicyclic) bond motifs is 6. The van der Waals surface area contributed by atoms with Gasteiger partial charge in [-0.05, 0) is 104 Å². The maximum atomic E-state index is 7.28. The third-order valence-electron chi connectivity index (χ3n) is 13.5. The maximum absolute atomic E-state index is 7.28. The molecule has 0 saturated heterocycles. The first kappa shape index (κ1) is 40.5. The van der Waals surface area contributed by atoms with Crippen LogP contribution in [0, 0.1) is 0 Å². The molecule has 11 aromatic carbocycles. The lowest BCUT2D eigenvalue weighted by Gasteiger charge is -2.26. The molecule has 2 aromatic heterocycles. The van der Waals surface area contributed by atoms with Gasteiger partial charge in [0.05, 0.1) is 5.69 Å². The van der Waals surface area contributed by atoms with E-state index in [-0.39, 0.29) is 0 Å². The van der Waals surface area contributed by atoms with Gasteiger partial charge >= 0.3 is 0 Å². The van der Waals surface area contributed by atoms with Crippen molar-refractivity contribution in [3.8, 4) is 66.8 Å². The zero-order chi connectivity index (χ0) is 45.7. The van der Waals surface area contributed by atoms with Crippen LogP contribution in [-0.2, 0) is 0 Å². The zero-order valence-electron chi connectivity index (χ0n) is 37.6. The number of para-hydroxylation sites is 1. The molecule has 0 aliphatic rings. The van der Waals surface area contributed by atoms with Crippen molar-refractivity contribution in [3.05, 3.63) is 261 Å². The Balaban J connectivity index is 0.983. The van der Waals surface area contributed by atoms with E-state index >= 15 is 0 Å². The normalized spacial score (nSPS) is 11.5. The number of hydrogen-bond donors (Lipinski definition) is 0. The molecule has 0 unspecified atom stereocenters. The number of thiophene rings is 1. The van der Waals surface area contributed by atoms with Crippen LogP contribution in [0.3, 0.4) is 0 Å². The Morgan fingerprint density at radius 2 is 0.739 bits per heavy atom. The molecule has 2 nitrogen and oxygen atoms in total. The standard InChI is InChI=1S/C66H43NOS/c1-4-17-45(18-5-1)52-23-10-12-25-56(52)57-26-13-11-24-53(57)48-33-38-51(39-34-48)67(50-36-31-44(32-37-50)49-35-40-59-58-27-14-15-30-62(58)69-63(59)43-49)61-42-41-54(46-19-6-2-7-20-46)64-60-29-16-28-55(65(60)68-66(61)64)47-21-8-3-9-22-47/h1-43H. The molecule has 13 rings (SSSR count). The molecule has 13 aromatic rings. The van der Waals surface area contributed by atoms with Gasteiger partial charge in [-0.2, -0.15) is 0 Å². The Hall–Kier alpha value is -8.76. The van der Waals surface area contributed by atoms with Crippen molar-refractivity contribution in [2.24, 2.45) is 0 Å². The highest BCUT2D eigenvalue weighted by molar-refractivity contribution is 7.25. The molecule has 324 valence electrons. The average Bonchev–Trinajstić information content (AvgIpc) is 4.01. The van der Waals surface area contributed by atoms with Crippen LogP contribution in [-0.4, -0.2) is 0 Å². The summed E-state index contributed by atoms with van der Waals surface area (Å²) in [5.41, 5.74) is 18.7. The van der Waals surface area contributed by atoms with Crippen LogP contribution >= 0.6 is 11.3 Å². The van der Waals surface area contributed by atoms with Crippen molar-refractivity contribution in [3.63, 3.8) is 0 Å². The number of hydrogen-bond acceptors (Lipinski definition) is 3. The lowest BCUT2D eigenvalue weighted by atomic mass is 9.89. The lowest BCUT2D eigenvalue weighted by molar-refractivity contribution is 0.670. The van der Waals surface area contributed by atoms with Gasteiger partial charge in [-0.15, -0.1) is 11.3 Å². The predicted octanol–water partition coefficient (Wildman–Crippen LogP) is 19.4. The molecule has 0 radical (unpaired) electrons. The fourth-order valence-electron chi connectivity index (χ4n) is 10.3. The Bertz CT molecular complexity index is 3980. The van der Waals surface area contributed by atoms with Crippen molar-refractivity contribution in [2.75, 3.05) is 4.90 Å². The van der Waals surface area contributed by atoms with E-state index in [2.05, 4.69) is 266 Å². The molecule has 0 N–H and O–H groups in total. The van der Waals surface area contributed by atoms with E-state index in [1.165, 1.54) is 59.1 Å². The minimum absolute atomic E-state index is 0.834. The fraction of sp³-hybridized carbons (Fsp3) is 0. The van der Waals surface area contributed by atoms with Crippen molar-refractivity contribution >= 4 is 70.5 Å². The quantitative estimate of drug-likeness (QED) is 0.144. The topological polar surface area (TPSA) is 16.4 Å². The summed E-state index contributed by atoms with van der Waals surface area (Å²) < 4.78 is 9.89. The summed E-state index contributed by atoms with van der Waals surface area (Å²) in [5.74, 6) is 0. The van der Waals surface area contributed by atoms with Gasteiger partial charge in [-0.3, -0.25) is 0 Å². The van der Waals surface area contributed by atoms with Crippen molar-refractivity contribution in [1.82, 2.24) is 0 Å². The SMILES string of the molecule is c1ccc(-c2ccccc2-c2ccccc2-c2ccc(N(c3ccc(-c4ccc5c(c4)sc4ccccc45)cc3)c3ccc(-c4ccccc4)c4c3oc3c(-c5ccccc5)cccc34)cc2)cc1. The van der Waals surface area contributed by atoms with Crippen LogP contribution in [0.5, 0.6) is 0 Å². The Kier molecular flexibility index (Phi) is 10.1. The monoisotopic (exact) mass is 897 g/mol. The molecule has 0 saturated carbocycles. The van der Waals surface area contributed by atoms with Crippen LogP contribution < -0.4 is 4.90 Å². The Labute approximate surface area is 405 Å². The van der Waals surface area contributed by atoms with Crippen molar-refractivity contribution in [2.45, 2.75) is 0 Å². The molecule has 0 aliphatic carbocycles. The molecule has 0 fully saturated rings. The third-order valence-corrected chi connectivity index (χ3v) is 14.7. The van der Waals surface area contributed by atoms with E-state index in [0.29, 0.717) is 0 Å². The van der Waals surface area contributed by atoms with Gasteiger partial charge in [0.15, 0.2) is 5.58 Å². The number of benzene rings is 11. The van der Waals surface area contributed by atoms with Gasteiger partial charge < -0.3 is 9.32 Å². The number of anilines is 3. The Morgan fingerprint density at radius 1 is 0.275 bits per heavy atom. The summed E-state index contributed by atoms with van der Waals surface area (Å²) in [5, 5.41) is 4.79. The minimum Gasteiger partial charge on any atom is -0.453 e. The fourth-order valence-corrected chi connectivity index (χ4v) is 11.4. The third kappa shape index (κ3) is 7.20. The molecule has 0 amide bonds. The summed E-state index contributed by atoms with van der Waals surface area (Å²) in [6, 6.07) is 94.1. The van der Waals surface area contributed by atoms with Crippen LogP contribution in [0.4, 0.5) is 17.1 Å². The number of nitrogens with zero attached hydrogens (tertiary/aromatic N) is 1. The van der Waals surface area contributed by atoms with Crippen LogP contribution in [0.15, 0.2) is 265 Å². The molecular formula is C66H43NOS. The van der Waals surface area contributed by atoms with E-state index in [0.717, 1.165) is 66.8 Å². The van der Waals surface area contributed by atoms with Crippen LogP contribution in [0.25, 0.3) is 109 Å². The van der Waals surface area contributed by atoms with Crippen LogP contribution in [0.1, 0.15) is 0 Å². The highest BCUT2D eigenvalue weighted by Gasteiger charge is 2.24. The van der Waals surface area contributed by atoms with E-state index in [1.807, 2.05) is 11.3 Å². The van der Waals surface area contributed by atoms with Crippen molar-refractivity contribution in [1.29, 1.82) is 0 Å². The van der Waals surface area contributed by atoms with Gasteiger partial charge in [-0.25, -0.2) is 0 Å². The number of furan rings is 1. The molecule has 0 bridgehead atoms. The van der Waals surface area contributed by atoms with E-state index < -0.39 is 0 Å². The first-order valence-corrected chi connectivity index (χ1v) is 24.3. The summed E-state index contributed by atoms with van der Waals surface area (Å²) in [6.45, 7) is 0. The van der Waals surface area contributed by atoms with Gasteiger partial charge in [-0.1, -0.05) is 218 Å². The lowest BCUT2D eigenvalue weighted by Crippen LogP contribution is -2.10. The second-order valence-electron chi connectivity index (χ2n) is 17.5. The van der Waals surface area contributed by atoms with Gasteiger partial charge in [0.1, 0.15) is 5.58 Å². The maximum Gasteiger partial charge on any atom is 0.160 e. The highest BCUT2D eigenvalue weighted by Crippen LogP contribution is 2.48. The minimum atomic E-state index is 0.834.